The first-order chi connectivity index (χ1) is 10.8. The van der Waals surface area contributed by atoms with Crippen LogP contribution in [-0.4, -0.2) is 12.6 Å². The van der Waals surface area contributed by atoms with Gasteiger partial charge in [-0.3, -0.25) is 0 Å². The van der Waals surface area contributed by atoms with Gasteiger partial charge in [0.1, 0.15) is 11.3 Å². The van der Waals surface area contributed by atoms with Crippen molar-refractivity contribution in [1.29, 1.82) is 0 Å². The molecule has 0 bridgehead atoms. The molecular weight excluding hydrogens is 276 g/mol. The molecular formula is C19H16O3. The Morgan fingerprint density at radius 3 is 2.59 bits per heavy atom. The zero-order valence-corrected chi connectivity index (χ0v) is 12.3. The lowest BCUT2D eigenvalue weighted by Gasteiger charge is -2.00. The zero-order valence-electron chi connectivity index (χ0n) is 12.3. The third kappa shape index (κ3) is 2.79. The number of hydrogen-bond donors (Lipinski definition) is 0. The summed E-state index contributed by atoms with van der Waals surface area (Å²) in [6.07, 6.45) is 3.06. The average molecular weight is 292 g/mol. The maximum absolute atomic E-state index is 11.5. The van der Waals surface area contributed by atoms with Crippen LogP contribution >= 0.6 is 0 Å². The summed E-state index contributed by atoms with van der Waals surface area (Å²) >= 11 is 0. The molecule has 0 amide bonds. The third-order valence-electron chi connectivity index (χ3n) is 3.34. The van der Waals surface area contributed by atoms with Crippen molar-refractivity contribution in [3.8, 4) is 11.1 Å². The van der Waals surface area contributed by atoms with Gasteiger partial charge in [-0.05, 0) is 24.6 Å². The highest BCUT2D eigenvalue weighted by molar-refractivity contribution is 5.99. The van der Waals surface area contributed by atoms with Crippen molar-refractivity contribution in [1.82, 2.24) is 0 Å². The number of fused-ring (bicyclic) bond motifs is 1. The number of para-hydroxylation sites is 1. The molecule has 0 N–H and O–H groups in total. The Kier molecular flexibility index (Phi) is 4.05. The first-order valence-corrected chi connectivity index (χ1v) is 7.21. The Balaban J connectivity index is 2.11. The molecule has 2 aromatic carbocycles. The average Bonchev–Trinajstić information content (AvgIpc) is 2.92. The topological polar surface area (TPSA) is 39.4 Å². The predicted octanol–water partition coefficient (Wildman–Crippen LogP) is 4.68. The molecule has 3 heteroatoms. The summed E-state index contributed by atoms with van der Waals surface area (Å²) in [6, 6.07) is 17.8. The summed E-state index contributed by atoms with van der Waals surface area (Å²) in [6.45, 7) is 2.14. The Bertz CT molecular complexity index is 813. The number of carbonyl (C=O) groups excluding carboxylic acids is 1. The molecule has 0 aliphatic carbocycles. The number of hydrogen-bond acceptors (Lipinski definition) is 3. The number of benzene rings is 2. The molecule has 0 saturated heterocycles. The van der Waals surface area contributed by atoms with Gasteiger partial charge in [0.25, 0.3) is 0 Å². The van der Waals surface area contributed by atoms with Gasteiger partial charge in [0.15, 0.2) is 0 Å². The zero-order chi connectivity index (χ0) is 15.4. The SMILES string of the molecule is CCOC(=O)/C=C/c1oc2ccccc2c1-c1ccccc1. The summed E-state index contributed by atoms with van der Waals surface area (Å²) in [5.41, 5.74) is 2.83. The van der Waals surface area contributed by atoms with E-state index in [4.69, 9.17) is 9.15 Å². The van der Waals surface area contributed by atoms with E-state index < -0.39 is 0 Å². The quantitative estimate of drug-likeness (QED) is 0.518. The molecule has 1 aromatic heterocycles. The first kappa shape index (κ1) is 14.1. The molecule has 0 radical (unpaired) electrons. The van der Waals surface area contributed by atoms with Crippen LogP contribution in [-0.2, 0) is 9.53 Å². The maximum Gasteiger partial charge on any atom is 0.330 e. The first-order valence-electron chi connectivity index (χ1n) is 7.21. The van der Waals surface area contributed by atoms with Gasteiger partial charge in [0, 0.05) is 17.0 Å². The Morgan fingerprint density at radius 2 is 1.82 bits per heavy atom. The summed E-state index contributed by atoms with van der Waals surface area (Å²) in [5, 5.41) is 1.03. The molecule has 0 aliphatic rings. The minimum Gasteiger partial charge on any atom is -0.463 e. The van der Waals surface area contributed by atoms with E-state index in [-0.39, 0.29) is 5.97 Å². The molecule has 0 spiro atoms. The van der Waals surface area contributed by atoms with E-state index in [1.807, 2.05) is 54.6 Å². The van der Waals surface area contributed by atoms with Crippen LogP contribution < -0.4 is 0 Å². The van der Waals surface area contributed by atoms with Crippen LogP contribution in [0.15, 0.2) is 65.1 Å². The van der Waals surface area contributed by atoms with Gasteiger partial charge < -0.3 is 9.15 Å². The molecule has 110 valence electrons. The van der Waals surface area contributed by atoms with E-state index in [2.05, 4.69) is 0 Å². The third-order valence-corrected chi connectivity index (χ3v) is 3.34. The van der Waals surface area contributed by atoms with Crippen LogP contribution in [0.5, 0.6) is 0 Å². The van der Waals surface area contributed by atoms with Gasteiger partial charge in [0.05, 0.1) is 6.61 Å². The van der Waals surface area contributed by atoms with Gasteiger partial charge >= 0.3 is 5.97 Å². The minimum atomic E-state index is -0.373. The Labute approximate surface area is 128 Å². The molecule has 0 fully saturated rings. The summed E-state index contributed by atoms with van der Waals surface area (Å²) in [4.78, 5) is 11.5. The maximum atomic E-state index is 11.5. The number of rotatable bonds is 4. The highest BCUT2D eigenvalue weighted by Gasteiger charge is 2.13. The second-order valence-electron chi connectivity index (χ2n) is 4.79. The Hall–Kier alpha value is -2.81. The normalized spacial score (nSPS) is 11.1. The fourth-order valence-corrected chi connectivity index (χ4v) is 2.42. The van der Waals surface area contributed by atoms with E-state index in [0.717, 1.165) is 22.1 Å². The van der Waals surface area contributed by atoms with Crippen LogP contribution in [0.1, 0.15) is 12.7 Å². The molecule has 0 unspecified atom stereocenters. The molecule has 0 aliphatic heterocycles. The Morgan fingerprint density at radius 1 is 1.09 bits per heavy atom. The van der Waals surface area contributed by atoms with Crippen molar-refractivity contribution in [3.63, 3.8) is 0 Å². The van der Waals surface area contributed by atoms with Crippen LogP contribution in [0, 0.1) is 0 Å². The van der Waals surface area contributed by atoms with Gasteiger partial charge in [-0.25, -0.2) is 4.79 Å². The lowest BCUT2D eigenvalue weighted by Crippen LogP contribution is -1.98. The monoisotopic (exact) mass is 292 g/mol. The second-order valence-corrected chi connectivity index (χ2v) is 4.79. The second kappa shape index (κ2) is 6.31. The molecule has 3 nitrogen and oxygen atoms in total. The van der Waals surface area contributed by atoms with Crippen LogP contribution in [0.25, 0.3) is 28.2 Å². The van der Waals surface area contributed by atoms with Crippen molar-refractivity contribution >= 4 is 23.0 Å². The fourth-order valence-electron chi connectivity index (χ4n) is 2.42. The van der Waals surface area contributed by atoms with Crippen molar-refractivity contribution in [2.45, 2.75) is 6.92 Å². The van der Waals surface area contributed by atoms with Crippen molar-refractivity contribution in [3.05, 3.63) is 66.4 Å². The lowest BCUT2D eigenvalue weighted by atomic mass is 10.0. The van der Waals surface area contributed by atoms with Crippen molar-refractivity contribution in [2.24, 2.45) is 0 Å². The summed E-state index contributed by atoms with van der Waals surface area (Å²) in [7, 11) is 0. The fraction of sp³-hybridized carbons (Fsp3) is 0.105. The standard InChI is InChI=1S/C19H16O3/c1-2-21-18(20)13-12-17-19(14-8-4-3-5-9-14)15-10-6-7-11-16(15)22-17/h3-13H,2H2,1H3/b13-12+. The number of esters is 1. The minimum absolute atomic E-state index is 0.356. The van der Waals surface area contributed by atoms with Gasteiger partial charge in [-0.15, -0.1) is 0 Å². The van der Waals surface area contributed by atoms with E-state index in [1.54, 1.807) is 13.0 Å². The molecule has 0 atom stereocenters. The summed E-state index contributed by atoms with van der Waals surface area (Å²) < 4.78 is 10.8. The number of furan rings is 1. The van der Waals surface area contributed by atoms with Crippen LogP contribution in [0.2, 0.25) is 0 Å². The van der Waals surface area contributed by atoms with Gasteiger partial charge in [-0.2, -0.15) is 0 Å². The smallest absolute Gasteiger partial charge is 0.330 e. The van der Waals surface area contributed by atoms with E-state index in [1.165, 1.54) is 6.08 Å². The molecule has 3 aromatic rings. The summed E-state index contributed by atoms with van der Waals surface area (Å²) in [5.74, 6) is 0.280. The number of ether oxygens (including phenoxy) is 1. The predicted molar refractivity (Wildman–Crippen MR) is 87.3 cm³/mol. The number of carbonyl (C=O) groups is 1. The van der Waals surface area contributed by atoms with E-state index >= 15 is 0 Å². The van der Waals surface area contributed by atoms with E-state index in [0.29, 0.717) is 12.4 Å². The van der Waals surface area contributed by atoms with Gasteiger partial charge in [0.2, 0.25) is 0 Å². The van der Waals surface area contributed by atoms with Crippen molar-refractivity contribution in [2.75, 3.05) is 6.61 Å². The highest BCUT2D eigenvalue weighted by Crippen LogP contribution is 2.35. The largest absolute Gasteiger partial charge is 0.463 e. The van der Waals surface area contributed by atoms with Gasteiger partial charge in [-0.1, -0.05) is 48.5 Å². The highest BCUT2D eigenvalue weighted by atomic mass is 16.5. The van der Waals surface area contributed by atoms with Crippen LogP contribution in [0.4, 0.5) is 0 Å². The lowest BCUT2D eigenvalue weighted by molar-refractivity contribution is -0.137. The van der Waals surface area contributed by atoms with E-state index in [9.17, 15) is 4.79 Å². The molecule has 22 heavy (non-hydrogen) atoms. The van der Waals surface area contributed by atoms with Crippen molar-refractivity contribution < 1.29 is 13.9 Å². The molecule has 1 heterocycles. The molecule has 3 rings (SSSR count). The molecule has 0 saturated carbocycles. The van der Waals surface area contributed by atoms with Crippen LogP contribution in [0.3, 0.4) is 0 Å².